The first-order valence-corrected chi connectivity index (χ1v) is 10.3. The number of rotatable bonds is 4. The average Bonchev–Trinajstić information content (AvgIpc) is 3.11. The molecule has 1 aliphatic rings. The Morgan fingerprint density at radius 3 is 2.59 bits per heavy atom. The normalized spacial score (nSPS) is 13.2. The summed E-state index contributed by atoms with van der Waals surface area (Å²) in [5.74, 6) is 4.39. The van der Waals surface area contributed by atoms with Crippen LogP contribution in [0, 0.1) is 23.6 Å². The molecule has 0 aliphatic carbocycles. The first-order chi connectivity index (χ1) is 15.4. The summed E-state index contributed by atoms with van der Waals surface area (Å²) in [6, 6.07) is 10.5. The highest BCUT2D eigenvalue weighted by molar-refractivity contribution is 6.34. The molecule has 0 spiro atoms. The molecular formula is C23H19ClFN5O2. The number of likely N-dealkylation sites (tertiary alicyclic amines) is 1. The van der Waals surface area contributed by atoms with Crippen LogP contribution in [0.5, 0.6) is 0 Å². The minimum absolute atomic E-state index is 0.0103. The summed E-state index contributed by atoms with van der Waals surface area (Å²) in [6.45, 7) is 3.12. The number of carbonyl (C=O) groups is 2. The number of anilines is 1. The maximum absolute atomic E-state index is 14.5. The highest BCUT2D eigenvalue weighted by Gasteiger charge is 2.30. The fourth-order valence-electron chi connectivity index (χ4n) is 3.34. The Bertz CT molecular complexity index is 1230. The van der Waals surface area contributed by atoms with E-state index in [1.165, 1.54) is 30.1 Å². The van der Waals surface area contributed by atoms with E-state index in [-0.39, 0.29) is 28.4 Å². The van der Waals surface area contributed by atoms with Crippen molar-refractivity contribution < 1.29 is 14.0 Å². The number of nitrogens with zero attached hydrogens (tertiary/aromatic N) is 4. The van der Waals surface area contributed by atoms with E-state index in [9.17, 15) is 14.0 Å². The van der Waals surface area contributed by atoms with Crippen LogP contribution in [0.1, 0.15) is 28.5 Å². The fraction of sp³-hybridized carbons (Fsp3) is 0.217. The van der Waals surface area contributed by atoms with Gasteiger partial charge in [-0.2, -0.15) is 5.10 Å². The number of aromatic nitrogens is 3. The zero-order valence-corrected chi connectivity index (χ0v) is 17.9. The van der Waals surface area contributed by atoms with Gasteiger partial charge in [-0.1, -0.05) is 41.6 Å². The lowest BCUT2D eigenvalue weighted by Crippen LogP contribution is -2.50. The number of halogens is 2. The van der Waals surface area contributed by atoms with Gasteiger partial charge in [0.15, 0.2) is 11.6 Å². The lowest BCUT2D eigenvalue weighted by molar-refractivity contribution is -0.135. The molecule has 1 aromatic carbocycles. The van der Waals surface area contributed by atoms with E-state index in [0.29, 0.717) is 25.2 Å². The molecular weight excluding hydrogens is 433 g/mol. The molecule has 9 heteroatoms. The minimum atomic E-state index is -0.712. The fourth-order valence-corrected chi connectivity index (χ4v) is 3.57. The Kier molecular flexibility index (Phi) is 6.19. The maximum atomic E-state index is 14.5. The highest BCUT2D eigenvalue weighted by Crippen LogP contribution is 2.22. The zero-order chi connectivity index (χ0) is 22.7. The number of hydrogen-bond donors (Lipinski definition) is 1. The van der Waals surface area contributed by atoms with Crippen LogP contribution >= 0.6 is 11.6 Å². The average molecular weight is 452 g/mol. The van der Waals surface area contributed by atoms with Gasteiger partial charge < -0.3 is 10.2 Å². The van der Waals surface area contributed by atoms with Crippen molar-refractivity contribution in [3.8, 4) is 11.8 Å². The summed E-state index contributed by atoms with van der Waals surface area (Å²) in [5.41, 5.74) is 1.29. The topological polar surface area (TPSA) is 80.1 Å². The van der Waals surface area contributed by atoms with Gasteiger partial charge in [-0.15, -0.1) is 0 Å². The Labute approximate surface area is 189 Å². The lowest BCUT2D eigenvalue weighted by Gasteiger charge is -2.38. The second-order valence-electron chi connectivity index (χ2n) is 7.44. The molecule has 162 valence electrons. The van der Waals surface area contributed by atoms with Gasteiger partial charge in [-0.25, -0.2) is 9.37 Å². The van der Waals surface area contributed by atoms with Gasteiger partial charge in [0.2, 0.25) is 5.91 Å². The minimum Gasteiger partial charge on any atom is -0.342 e. The Balaban J connectivity index is 1.45. The van der Waals surface area contributed by atoms with E-state index in [2.05, 4.69) is 27.2 Å². The first kappa shape index (κ1) is 21.5. The summed E-state index contributed by atoms with van der Waals surface area (Å²) >= 11 is 6.15. The van der Waals surface area contributed by atoms with Crippen LogP contribution in [0.4, 0.5) is 10.2 Å². The smallest absolute Gasteiger partial charge is 0.276 e. The third-order valence-corrected chi connectivity index (χ3v) is 5.32. The second-order valence-corrected chi connectivity index (χ2v) is 7.85. The van der Waals surface area contributed by atoms with Gasteiger partial charge >= 0.3 is 0 Å². The van der Waals surface area contributed by atoms with E-state index in [1.54, 1.807) is 4.90 Å². The summed E-state index contributed by atoms with van der Waals surface area (Å²) in [5, 5.41) is 6.75. The molecule has 1 saturated heterocycles. The van der Waals surface area contributed by atoms with E-state index >= 15 is 0 Å². The van der Waals surface area contributed by atoms with Crippen molar-refractivity contribution in [2.24, 2.45) is 5.92 Å². The van der Waals surface area contributed by atoms with Gasteiger partial charge in [-0.05, 0) is 18.2 Å². The summed E-state index contributed by atoms with van der Waals surface area (Å²) in [4.78, 5) is 29.8. The molecule has 3 aromatic rings. The SMILES string of the molecule is CC(=O)N1CC(Cn2ncc(Cl)c2C(=O)Nc2ncc(C#Cc3ccccc3)cc2F)C1. The predicted octanol–water partition coefficient (Wildman–Crippen LogP) is 3.20. The molecule has 2 aromatic heterocycles. The summed E-state index contributed by atoms with van der Waals surface area (Å²) in [6.07, 6.45) is 2.75. The van der Waals surface area contributed by atoms with Crippen LogP contribution in [-0.4, -0.2) is 44.6 Å². The van der Waals surface area contributed by atoms with E-state index in [4.69, 9.17) is 11.6 Å². The standard InChI is InChI=1S/C23H19ClFN5O2/c1-15(31)29-12-18(13-29)14-30-21(19(24)11-27-30)23(32)28-22-20(25)9-17(10-26-22)8-7-16-5-3-2-4-6-16/h2-6,9-11,18H,12-14H2,1H3,(H,26,28,32). The third-order valence-electron chi connectivity index (χ3n) is 5.04. The maximum Gasteiger partial charge on any atom is 0.276 e. The van der Waals surface area contributed by atoms with Crippen molar-refractivity contribution in [3.05, 3.63) is 76.5 Å². The zero-order valence-electron chi connectivity index (χ0n) is 17.2. The van der Waals surface area contributed by atoms with Crippen molar-refractivity contribution >= 4 is 29.2 Å². The molecule has 0 saturated carbocycles. The van der Waals surface area contributed by atoms with E-state index in [0.717, 1.165) is 5.56 Å². The molecule has 0 unspecified atom stereocenters. The number of benzene rings is 1. The predicted molar refractivity (Wildman–Crippen MR) is 118 cm³/mol. The van der Waals surface area contributed by atoms with Gasteiger partial charge in [-0.3, -0.25) is 14.3 Å². The Morgan fingerprint density at radius 1 is 1.19 bits per heavy atom. The molecule has 7 nitrogen and oxygen atoms in total. The van der Waals surface area contributed by atoms with Crippen LogP contribution in [-0.2, 0) is 11.3 Å². The molecule has 0 bridgehead atoms. The van der Waals surface area contributed by atoms with Crippen LogP contribution in [0.3, 0.4) is 0 Å². The molecule has 0 atom stereocenters. The van der Waals surface area contributed by atoms with Crippen molar-refractivity contribution in [1.82, 2.24) is 19.7 Å². The van der Waals surface area contributed by atoms with Gasteiger partial charge in [0.25, 0.3) is 5.91 Å². The van der Waals surface area contributed by atoms with Crippen molar-refractivity contribution in [1.29, 1.82) is 0 Å². The summed E-state index contributed by atoms with van der Waals surface area (Å²) in [7, 11) is 0. The molecule has 1 aliphatic heterocycles. The van der Waals surface area contributed by atoms with Crippen molar-refractivity contribution in [2.75, 3.05) is 18.4 Å². The largest absolute Gasteiger partial charge is 0.342 e. The van der Waals surface area contributed by atoms with Crippen molar-refractivity contribution in [2.45, 2.75) is 13.5 Å². The van der Waals surface area contributed by atoms with Gasteiger partial charge in [0.1, 0.15) is 5.69 Å². The Morgan fingerprint density at radius 2 is 1.91 bits per heavy atom. The lowest BCUT2D eigenvalue weighted by atomic mass is 10.0. The molecule has 1 fully saturated rings. The molecule has 3 heterocycles. The van der Waals surface area contributed by atoms with Crippen LogP contribution in [0.15, 0.2) is 48.8 Å². The molecule has 0 radical (unpaired) electrons. The van der Waals surface area contributed by atoms with Crippen LogP contribution in [0.25, 0.3) is 0 Å². The van der Waals surface area contributed by atoms with E-state index < -0.39 is 11.7 Å². The van der Waals surface area contributed by atoms with Crippen LogP contribution < -0.4 is 5.32 Å². The molecule has 2 amide bonds. The monoisotopic (exact) mass is 451 g/mol. The molecule has 32 heavy (non-hydrogen) atoms. The third kappa shape index (κ3) is 4.79. The quantitative estimate of drug-likeness (QED) is 0.618. The number of pyridine rings is 1. The summed E-state index contributed by atoms with van der Waals surface area (Å²) < 4.78 is 16.0. The number of carbonyl (C=O) groups excluding carboxylic acids is 2. The number of amides is 2. The highest BCUT2D eigenvalue weighted by atomic mass is 35.5. The van der Waals surface area contributed by atoms with Crippen LogP contribution in [0.2, 0.25) is 5.02 Å². The number of nitrogens with one attached hydrogen (secondary N) is 1. The van der Waals surface area contributed by atoms with Crippen molar-refractivity contribution in [3.63, 3.8) is 0 Å². The Hall–Kier alpha value is -3.70. The van der Waals surface area contributed by atoms with Gasteiger partial charge in [0, 0.05) is 49.8 Å². The molecule has 1 N–H and O–H groups in total. The second kappa shape index (κ2) is 9.20. The van der Waals surface area contributed by atoms with E-state index in [1.807, 2.05) is 30.3 Å². The van der Waals surface area contributed by atoms with Gasteiger partial charge in [0.05, 0.1) is 11.2 Å². The molecule has 4 rings (SSSR count). The number of hydrogen-bond acceptors (Lipinski definition) is 4. The first-order valence-electron chi connectivity index (χ1n) is 9.91.